The summed E-state index contributed by atoms with van der Waals surface area (Å²) >= 11 is 0. The predicted molar refractivity (Wildman–Crippen MR) is 89.7 cm³/mol. The van der Waals surface area contributed by atoms with Gasteiger partial charge in [0.1, 0.15) is 0 Å². The molecule has 0 aliphatic heterocycles. The fourth-order valence-electron chi connectivity index (χ4n) is 2.01. The summed E-state index contributed by atoms with van der Waals surface area (Å²) in [7, 11) is 0. The first-order valence-electron chi connectivity index (χ1n) is 7.45. The predicted octanol–water partition coefficient (Wildman–Crippen LogP) is 2.96. The summed E-state index contributed by atoms with van der Waals surface area (Å²) in [6.45, 7) is 3.69. The molecule has 0 radical (unpaired) electrons. The van der Waals surface area contributed by atoms with Gasteiger partial charge in [0.15, 0.2) is 0 Å². The molecule has 6 heteroatoms. The molecule has 3 aromatic rings. The molecule has 24 heavy (non-hydrogen) atoms. The zero-order valence-electron chi connectivity index (χ0n) is 13.4. The number of nitrogens with zero attached hydrogens (tertiary/aromatic N) is 4. The molecule has 6 nitrogen and oxygen atoms in total. The fourth-order valence-corrected chi connectivity index (χ4v) is 2.01. The van der Waals surface area contributed by atoms with E-state index in [9.17, 15) is 4.79 Å². The van der Waals surface area contributed by atoms with Gasteiger partial charge in [-0.3, -0.25) is 0 Å². The Labute approximate surface area is 139 Å². The lowest BCUT2D eigenvalue weighted by Crippen LogP contribution is -2.16. The molecule has 0 saturated carbocycles. The quantitative estimate of drug-likeness (QED) is 0.423. The molecule has 0 bridgehead atoms. The molecule has 1 heterocycles. The van der Waals surface area contributed by atoms with E-state index in [4.69, 9.17) is 4.74 Å². The van der Waals surface area contributed by atoms with E-state index in [1.54, 1.807) is 24.3 Å². The third kappa shape index (κ3) is 3.38. The number of hydrogen-bond acceptors (Lipinski definition) is 5. The van der Waals surface area contributed by atoms with E-state index in [2.05, 4.69) is 15.4 Å². The first-order chi connectivity index (χ1) is 11.6. The average Bonchev–Trinajstić information content (AvgIpc) is 2.94. The molecule has 0 aliphatic carbocycles. The van der Waals surface area contributed by atoms with E-state index in [1.165, 1.54) is 4.79 Å². The molecule has 0 atom stereocenters. The highest BCUT2D eigenvalue weighted by Gasteiger charge is 2.15. The van der Waals surface area contributed by atoms with Crippen molar-refractivity contribution in [2.75, 3.05) is 0 Å². The van der Waals surface area contributed by atoms with Gasteiger partial charge in [-0.2, -0.15) is 0 Å². The molecule has 0 saturated heterocycles. The summed E-state index contributed by atoms with van der Waals surface area (Å²) in [4.78, 5) is 13.7. The zero-order valence-corrected chi connectivity index (χ0v) is 13.4. The molecular weight excluding hydrogens is 304 g/mol. The van der Waals surface area contributed by atoms with Crippen LogP contribution in [0.15, 0.2) is 65.8 Å². The lowest BCUT2D eigenvalue weighted by molar-refractivity contribution is 0.0716. The third-order valence-corrected chi connectivity index (χ3v) is 3.51. The molecule has 0 amide bonds. The maximum absolute atomic E-state index is 12.4. The Morgan fingerprint density at radius 1 is 0.958 bits per heavy atom. The lowest BCUT2D eigenvalue weighted by atomic mass is 10.2. The van der Waals surface area contributed by atoms with E-state index < -0.39 is 5.97 Å². The van der Waals surface area contributed by atoms with Crippen LogP contribution in [0.3, 0.4) is 0 Å². The minimum Gasteiger partial charge on any atom is -0.402 e. The summed E-state index contributed by atoms with van der Waals surface area (Å²) in [6, 6.07) is 18.0. The monoisotopic (exact) mass is 320 g/mol. The molecule has 2 aromatic carbocycles. The van der Waals surface area contributed by atoms with Crippen molar-refractivity contribution in [2.24, 2.45) is 5.10 Å². The Morgan fingerprint density at radius 2 is 1.54 bits per heavy atom. The van der Waals surface area contributed by atoms with Crippen LogP contribution < -0.4 is 0 Å². The third-order valence-electron chi connectivity index (χ3n) is 3.51. The van der Waals surface area contributed by atoms with Crippen molar-refractivity contribution in [3.05, 3.63) is 83.2 Å². The average molecular weight is 320 g/mol. The highest BCUT2D eigenvalue weighted by molar-refractivity contribution is 6.04. The topological polar surface area (TPSA) is 69.4 Å². The van der Waals surface area contributed by atoms with Gasteiger partial charge in [0.2, 0.25) is 5.90 Å². The second kappa shape index (κ2) is 6.87. The van der Waals surface area contributed by atoms with Crippen molar-refractivity contribution in [1.82, 2.24) is 15.1 Å². The number of aromatic nitrogens is 3. The summed E-state index contributed by atoms with van der Waals surface area (Å²) in [5.41, 5.74) is 2.67. The Kier molecular flexibility index (Phi) is 4.47. The van der Waals surface area contributed by atoms with Gasteiger partial charge >= 0.3 is 5.97 Å². The van der Waals surface area contributed by atoms with Crippen LogP contribution in [0.4, 0.5) is 0 Å². The molecule has 120 valence electrons. The summed E-state index contributed by atoms with van der Waals surface area (Å²) in [5.74, 6) is -0.315. The maximum atomic E-state index is 12.4. The van der Waals surface area contributed by atoms with Crippen LogP contribution in [0, 0.1) is 13.8 Å². The van der Waals surface area contributed by atoms with Gasteiger partial charge in [-0.1, -0.05) is 36.4 Å². The summed E-state index contributed by atoms with van der Waals surface area (Å²) in [5, 5.41) is 12.2. The number of carbonyl (C=O) groups is 1. The van der Waals surface area contributed by atoms with Gasteiger partial charge < -0.3 is 4.74 Å². The lowest BCUT2D eigenvalue weighted by Gasteiger charge is -2.08. The molecule has 1 aromatic heterocycles. The minimum absolute atomic E-state index is 0.164. The van der Waals surface area contributed by atoms with Gasteiger partial charge in [0.05, 0.1) is 17.0 Å². The second-order valence-corrected chi connectivity index (χ2v) is 5.18. The van der Waals surface area contributed by atoms with Crippen LogP contribution in [-0.2, 0) is 4.74 Å². The van der Waals surface area contributed by atoms with Crippen LogP contribution >= 0.6 is 0 Å². The highest BCUT2D eigenvalue weighted by Crippen LogP contribution is 2.09. The van der Waals surface area contributed by atoms with E-state index in [0.29, 0.717) is 11.1 Å². The van der Waals surface area contributed by atoms with Gasteiger partial charge in [0.25, 0.3) is 0 Å². The first-order valence-corrected chi connectivity index (χ1v) is 7.45. The van der Waals surface area contributed by atoms with Crippen molar-refractivity contribution < 1.29 is 9.53 Å². The molecule has 3 rings (SSSR count). The van der Waals surface area contributed by atoms with Crippen LogP contribution in [-0.4, -0.2) is 27.0 Å². The number of esters is 1. The van der Waals surface area contributed by atoms with Gasteiger partial charge in [-0.25, -0.2) is 4.79 Å². The van der Waals surface area contributed by atoms with Crippen LogP contribution in [0.1, 0.15) is 27.3 Å². The molecule has 0 fully saturated rings. The zero-order chi connectivity index (χ0) is 16.9. The molecule has 0 spiro atoms. The van der Waals surface area contributed by atoms with E-state index in [0.717, 1.165) is 11.4 Å². The fraction of sp³-hybridized carbons (Fsp3) is 0.111. The van der Waals surface area contributed by atoms with Gasteiger partial charge in [-0.05, 0) is 43.3 Å². The summed E-state index contributed by atoms with van der Waals surface area (Å²) in [6.07, 6.45) is 0. The van der Waals surface area contributed by atoms with Crippen molar-refractivity contribution in [1.29, 1.82) is 0 Å². The largest absolute Gasteiger partial charge is 0.402 e. The molecule has 0 N–H and O–H groups in total. The van der Waals surface area contributed by atoms with Crippen LogP contribution in [0.2, 0.25) is 0 Å². The standard InChI is InChI=1S/C18H16N4O2/c1-13-14(2)22(21-19-13)20-17(15-9-5-3-6-10-15)24-18(23)16-11-7-4-8-12-16/h3-12H,1-2H3. The Bertz CT molecular complexity index is 871. The normalized spacial score (nSPS) is 11.3. The van der Waals surface area contributed by atoms with E-state index >= 15 is 0 Å². The highest BCUT2D eigenvalue weighted by atomic mass is 16.5. The van der Waals surface area contributed by atoms with Gasteiger partial charge in [-0.15, -0.1) is 15.0 Å². The maximum Gasteiger partial charge on any atom is 0.344 e. The number of aryl methyl sites for hydroxylation is 1. The number of carbonyl (C=O) groups excluding carboxylic acids is 1. The first kappa shape index (κ1) is 15.6. The number of rotatable bonds is 3. The second-order valence-electron chi connectivity index (χ2n) is 5.18. The van der Waals surface area contributed by atoms with Crippen molar-refractivity contribution in [2.45, 2.75) is 13.8 Å². The molecule has 0 unspecified atom stereocenters. The van der Waals surface area contributed by atoms with Gasteiger partial charge in [0, 0.05) is 5.56 Å². The SMILES string of the molecule is Cc1nnn(N=C(OC(=O)c2ccccc2)c2ccccc2)c1C. The number of hydrogen-bond donors (Lipinski definition) is 0. The van der Waals surface area contributed by atoms with Crippen LogP contribution in [0.25, 0.3) is 0 Å². The number of benzene rings is 2. The molecular formula is C18H16N4O2. The van der Waals surface area contributed by atoms with Crippen molar-refractivity contribution in [3.8, 4) is 0 Å². The molecule has 0 aliphatic rings. The van der Waals surface area contributed by atoms with E-state index in [1.807, 2.05) is 50.2 Å². The van der Waals surface area contributed by atoms with Crippen molar-refractivity contribution >= 4 is 11.9 Å². The van der Waals surface area contributed by atoms with E-state index in [-0.39, 0.29) is 5.90 Å². The smallest absolute Gasteiger partial charge is 0.344 e. The van der Waals surface area contributed by atoms with Crippen molar-refractivity contribution in [3.63, 3.8) is 0 Å². The summed E-state index contributed by atoms with van der Waals surface area (Å²) < 4.78 is 5.51. The van der Waals surface area contributed by atoms with Crippen LogP contribution in [0.5, 0.6) is 0 Å². The Hall–Kier alpha value is -3.28. The minimum atomic E-state index is -0.479. The Balaban J connectivity index is 1.97. The Morgan fingerprint density at radius 3 is 2.08 bits per heavy atom. The number of ether oxygens (including phenoxy) is 1.